The number of carboxylic acids is 1. The summed E-state index contributed by atoms with van der Waals surface area (Å²) in [6, 6.07) is 0. The molecule has 2 rings (SSSR count). The lowest BCUT2D eigenvalue weighted by atomic mass is 9.93. The van der Waals surface area contributed by atoms with E-state index in [1.165, 1.54) is 0 Å². The zero-order valence-electron chi connectivity index (χ0n) is 13.1. The number of hydrogen-bond acceptors (Lipinski definition) is 4. The minimum Gasteiger partial charge on any atom is -0.481 e. The van der Waals surface area contributed by atoms with E-state index in [4.69, 9.17) is 5.11 Å². The van der Waals surface area contributed by atoms with E-state index in [9.17, 15) is 4.79 Å². The molecular formula is C15H21N3O2S. The number of nitrogens with zero attached hydrogens (tertiary/aromatic N) is 3. The number of hydrogen-bond donors (Lipinski definition) is 1. The molecular weight excluding hydrogens is 286 g/mol. The third-order valence-corrected chi connectivity index (χ3v) is 4.29. The topological polar surface area (TPSA) is 68.0 Å². The molecule has 0 amide bonds. The number of carbonyl (C=O) groups is 1. The first-order chi connectivity index (χ1) is 9.70. The van der Waals surface area contributed by atoms with Crippen molar-refractivity contribution in [1.29, 1.82) is 0 Å². The molecule has 0 spiro atoms. The summed E-state index contributed by atoms with van der Waals surface area (Å²) in [5.74, 6) is -0.786. The van der Waals surface area contributed by atoms with Crippen LogP contribution < -0.4 is 0 Å². The molecule has 0 saturated heterocycles. The molecule has 21 heavy (non-hydrogen) atoms. The van der Waals surface area contributed by atoms with Crippen LogP contribution in [0.1, 0.15) is 49.8 Å². The minimum atomic E-state index is -0.786. The van der Waals surface area contributed by atoms with Crippen LogP contribution in [0.15, 0.2) is 5.38 Å². The Labute approximate surface area is 128 Å². The maximum atomic E-state index is 10.7. The molecule has 2 aromatic heterocycles. The summed E-state index contributed by atoms with van der Waals surface area (Å²) in [7, 11) is 0. The smallest absolute Gasteiger partial charge is 0.303 e. The summed E-state index contributed by atoms with van der Waals surface area (Å²) in [6.07, 6.45) is 0.628. The molecule has 2 aromatic rings. The first-order valence-electron chi connectivity index (χ1n) is 6.93. The molecule has 6 heteroatoms. The van der Waals surface area contributed by atoms with Crippen LogP contribution in [0.25, 0.3) is 5.13 Å². The fourth-order valence-electron chi connectivity index (χ4n) is 2.16. The molecule has 0 aliphatic carbocycles. The van der Waals surface area contributed by atoms with Gasteiger partial charge in [-0.2, -0.15) is 5.10 Å². The third-order valence-electron chi connectivity index (χ3n) is 3.47. The predicted molar refractivity (Wildman–Crippen MR) is 83.4 cm³/mol. The van der Waals surface area contributed by atoms with Crippen molar-refractivity contribution in [1.82, 2.24) is 14.8 Å². The molecule has 1 N–H and O–H groups in total. The van der Waals surface area contributed by atoms with Crippen molar-refractivity contribution in [3.63, 3.8) is 0 Å². The third kappa shape index (κ3) is 3.32. The van der Waals surface area contributed by atoms with Crippen LogP contribution in [-0.4, -0.2) is 25.8 Å². The van der Waals surface area contributed by atoms with Crippen molar-refractivity contribution in [2.75, 3.05) is 0 Å². The molecule has 0 radical (unpaired) electrons. The van der Waals surface area contributed by atoms with E-state index in [-0.39, 0.29) is 11.8 Å². The summed E-state index contributed by atoms with van der Waals surface area (Å²) in [6.45, 7) is 10.3. The number of thiazole rings is 1. The Kier molecular flexibility index (Phi) is 4.18. The van der Waals surface area contributed by atoms with Crippen molar-refractivity contribution in [2.45, 2.75) is 52.9 Å². The number of aliphatic carboxylic acids is 1. The summed E-state index contributed by atoms with van der Waals surface area (Å²) in [5.41, 5.74) is 3.91. The Morgan fingerprint density at radius 3 is 2.57 bits per heavy atom. The maximum Gasteiger partial charge on any atom is 0.303 e. The molecule has 0 fully saturated rings. The van der Waals surface area contributed by atoms with Crippen LogP contribution in [0.4, 0.5) is 0 Å². The zero-order valence-corrected chi connectivity index (χ0v) is 13.9. The molecule has 0 aliphatic heterocycles. The number of carboxylic acid groups (broad SMARTS) is 1. The molecule has 5 nitrogen and oxygen atoms in total. The Morgan fingerprint density at radius 2 is 2.05 bits per heavy atom. The van der Waals surface area contributed by atoms with Gasteiger partial charge in [-0.15, -0.1) is 11.3 Å². The number of aryl methyl sites for hydroxylation is 1. The first-order valence-corrected chi connectivity index (χ1v) is 7.81. The monoisotopic (exact) mass is 307 g/mol. The second-order valence-electron chi connectivity index (χ2n) is 6.22. The van der Waals surface area contributed by atoms with Crippen molar-refractivity contribution in [3.8, 4) is 5.13 Å². The standard InChI is InChI=1S/C15H21N3O2S/c1-9-11(6-7-13(19)20)10(2)18(17-9)14-16-12(8-21-14)15(3,4)5/h8H,6-7H2,1-5H3,(H,19,20). The van der Waals surface area contributed by atoms with E-state index < -0.39 is 5.97 Å². The zero-order chi connectivity index (χ0) is 15.8. The van der Waals surface area contributed by atoms with Crippen molar-refractivity contribution in [3.05, 3.63) is 28.0 Å². The normalized spacial score (nSPS) is 11.9. The lowest BCUT2D eigenvalue weighted by Gasteiger charge is -2.14. The van der Waals surface area contributed by atoms with Gasteiger partial charge in [-0.25, -0.2) is 9.67 Å². The highest BCUT2D eigenvalue weighted by Crippen LogP contribution is 2.27. The lowest BCUT2D eigenvalue weighted by Crippen LogP contribution is -2.12. The summed E-state index contributed by atoms with van der Waals surface area (Å²) in [4.78, 5) is 15.4. The molecule has 0 unspecified atom stereocenters. The first kappa shape index (κ1) is 15.7. The van der Waals surface area contributed by atoms with E-state index >= 15 is 0 Å². The fourth-order valence-corrected chi connectivity index (χ4v) is 3.21. The maximum absolute atomic E-state index is 10.7. The molecule has 0 bridgehead atoms. The van der Waals surface area contributed by atoms with Crippen LogP contribution in [-0.2, 0) is 16.6 Å². The summed E-state index contributed by atoms with van der Waals surface area (Å²) < 4.78 is 1.83. The van der Waals surface area contributed by atoms with Gasteiger partial charge in [0.1, 0.15) is 0 Å². The molecule has 0 aromatic carbocycles. The van der Waals surface area contributed by atoms with Crippen LogP contribution in [0.5, 0.6) is 0 Å². The van der Waals surface area contributed by atoms with Gasteiger partial charge in [0.25, 0.3) is 0 Å². The Hall–Kier alpha value is -1.69. The Bertz CT molecular complexity index is 665. The Balaban J connectivity index is 2.35. The summed E-state index contributed by atoms with van der Waals surface area (Å²) >= 11 is 1.56. The predicted octanol–water partition coefficient (Wildman–Crippen LogP) is 3.26. The largest absolute Gasteiger partial charge is 0.481 e. The average Bonchev–Trinajstić information content (AvgIpc) is 2.92. The molecule has 114 valence electrons. The van der Waals surface area contributed by atoms with E-state index in [2.05, 4.69) is 36.2 Å². The second kappa shape index (κ2) is 5.60. The van der Waals surface area contributed by atoms with E-state index in [1.54, 1.807) is 11.3 Å². The fraction of sp³-hybridized carbons (Fsp3) is 0.533. The highest BCUT2D eigenvalue weighted by Gasteiger charge is 2.20. The molecule has 0 atom stereocenters. The van der Waals surface area contributed by atoms with Gasteiger partial charge in [-0.1, -0.05) is 20.8 Å². The second-order valence-corrected chi connectivity index (χ2v) is 7.06. The SMILES string of the molecule is Cc1nn(-c2nc(C(C)(C)C)cs2)c(C)c1CCC(=O)O. The van der Waals surface area contributed by atoms with Gasteiger partial charge in [0, 0.05) is 22.9 Å². The van der Waals surface area contributed by atoms with Crippen LogP contribution >= 0.6 is 11.3 Å². The molecule has 0 aliphatic rings. The van der Waals surface area contributed by atoms with E-state index in [1.807, 2.05) is 18.5 Å². The van der Waals surface area contributed by atoms with Gasteiger partial charge >= 0.3 is 5.97 Å². The number of aromatic nitrogens is 3. The highest BCUT2D eigenvalue weighted by atomic mass is 32.1. The van der Waals surface area contributed by atoms with Gasteiger partial charge in [0.05, 0.1) is 11.4 Å². The Morgan fingerprint density at radius 1 is 1.38 bits per heavy atom. The van der Waals surface area contributed by atoms with Gasteiger partial charge in [0.15, 0.2) is 0 Å². The summed E-state index contributed by atoms with van der Waals surface area (Å²) in [5, 5.41) is 16.3. The van der Waals surface area contributed by atoms with Crippen molar-refractivity contribution < 1.29 is 9.90 Å². The van der Waals surface area contributed by atoms with Gasteiger partial charge in [-0.05, 0) is 25.8 Å². The van der Waals surface area contributed by atoms with Gasteiger partial charge in [0.2, 0.25) is 5.13 Å². The number of rotatable bonds is 4. The quantitative estimate of drug-likeness (QED) is 0.941. The van der Waals surface area contributed by atoms with Crippen LogP contribution in [0.3, 0.4) is 0 Å². The molecule has 0 saturated carbocycles. The van der Waals surface area contributed by atoms with E-state index in [0.717, 1.165) is 27.8 Å². The average molecular weight is 307 g/mol. The van der Waals surface area contributed by atoms with Gasteiger partial charge < -0.3 is 5.11 Å². The molecule has 2 heterocycles. The van der Waals surface area contributed by atoms with Crippen molar-refractivity contribution in [2.24, 2.45) is 0 Å². The highest BCUT2D eigenvalue weighted by molar-refractivity contribution is 7.12. The van der Waals surface area contributed by atoms with Crippen LogP contribution in [0.2, 0.25) is 0 Å². The van der Waals surface area contributed by atoms with Crippen LogP contribution in [0, 0.1) is 13.8 Å². The van der Waals surface area contributed by atoms with Gasteiger partial charge in [-0.3, -0.25) is 4.79 Å². The van der Waals surface area contributed by atoms with E-state index in [0.29, 0.717) is 6.42 Å². The lowest BCUT2D eigenvalue weighted by molar-refractivity contribution is -0.136. The van der Waals surface area contributed by atoms with Crippen molar-refractivity contribution >= 4 is 17.3 Å². The minimum absolute atomic E-state index is 0.0109.